The molecule has 0 spiro atoms. The number of nitrogens with zero attached hydrogens (tertiary/aromatic N) is 1. The van der Waals surface area contributed by atoms with Crippen LogP contribution >= 0.6 is 0 Å². The highest BCUT2D eigenvalue weighted by Crippen LogP contribution is 2.34. The number of nitrogens with one attached hydrogen (secondary N) is 2. The monoisotopic (exact) mass is 515 g/mol. The minimum atomic E-state index is -1.41. The van der Waals surface area contributed by atoms with Gasteiger partial charge in [0, 0.05) is 12.1 Å². The minimum Gasteiger partial charge on any atom is -0.481 e. The van der Waals surface area contributed by atoms with E-state index in [4.69, 9.17) is 4.74 Å². The minimum absolute atomic E-state index is 0.0107. The summed E-state index contributed by atoms with van der Waals surface area (Å²) in [6.07, 6.45) is 0. The molecule has 0 radical (unpaired) electrons. The van der Waals surface area contributed by atoms with Crippen LogP contribution in [0.25, 0.3) is 21.9 Å². The van der Waals surface area contributed by atoms with Gasteiger partial charge in [-0.3, -0.25) is 14.9 Å². The largest absolute Gasteiger partial charge is 0.481 e. The maximum Gasteiger partial charge on any atom is 0.322 e. The number of amides is 4. The average Bonchev–Trinajstić information content (AvgIpc) is 3.42. The van der Waals surface area contributed by atoms with Crippen molar-refractivity contribution >= 4 is 28.6 Å². The summed E-state index contributed by atoms with van der Waals surface area (Å²) in [5.41, 5.74) is 2.59. The number of fused-ring (bicyclic) bond motifs is 2. The van der Waals surface area contributed by atoms with Gasteiger partial charge in [-0.1, -0.05) is 78.7 Å². The zero-order valence-electron chi connectivity index (χ0n) is 21.3. The highest BCUT2D eigenvalue weighted by Gasteiger charge is 2.50. The van der Waals surface area contributed by atoms with Crippen molar-refractivity contribution in [3.05, 3.63) is 102 Å². The maximum atomic E-state index is 13.4. The first kappa shape index (κ1) is 24.3. The molecule has 7 heteroatoms. The van der Waals surface area contributed by atoms with E-state index in [0.717, 1.165) is 27.5 Å². The van der Waals surface area contributed by atoms with Crippen LogP contribution in [0.4, 0.5) is 4.79 Å². The van der Waals surface area contributed by atoms with Crippen molar-refractivity contribution in [1.82, 2.24) is 15.5 Å². The molecule has 7 nitrogen and oxygen atoms in total. The van der Waals surface area contributed by atoms with Crippen LogP contribution in [0.2, 0.25) is 0 Å². The van der Waals surface area contributed by atoms with Crippen LogP contribution in [0.1, 0.15) is 28.4 Å². The first-order chi connectivity index (χ1) is 19.0. The number of rotatable bonds is 6. The molecule has 0 saturated carbocycles. The molecule has 2 aliphatic heterocycles. The van der Waals surface area contributed by atoms with E-state index in [9.17, 15) is 14.4 Å². The molecule has 6 rings (SSSR count). The van der Waals surface area contributed by atoms with Crippen LogP contribution < -0.4 is 15.4 Å². The Bertz CT molecular complexity index is 1700. The number of urea groups is 1. The van der Waals surface area contributed by atoms with Crippen molar-refractivity contribution in [2.45, 2.75) is 19.0 Å². The second-order valence-corrected chi connectivity index (χ2v) is 9.61. The Hall–Kier alpha value is -5.09. The molecule has 0 bridgehead atoms. The van der Waals surface area contributed by atoms with E-state index in [-0.39, 0.29) is 19.1 Å². The fraction of sp³-hybridized carbons (Fsp3) is 0.156. The lowest BCUT2D eigenvalue weighted by Gasteiger charge is -2.31. The smallest absolute Gasteiger partial charge is 0.322 e. The fourth-order valence-corrected chi connectivity index (χ4v) is 5.34. The summed E-state index contributed by atoms with van der Waals surface area (Å²) in [6.45, 7) is 2.28. The SMILES string of the molecule is CC#CCOc1ccc2c(c1)C(=O)N(C[C@@]1(c3ccc(-c4cccc5ccccc45)cc3)NC(=O)NC1=O)C2. The van der Waals surface area contributed by atoms with Crippen LogP contribution in [-0.4, -0.2) is 35.9 Å². The molecule has 4 aromatic rings. The van der Waals surface area contributed by atoms with E-state index in [0.29, 0.717) is 23.4 Å². The number of hydrogen-bond acceptors (Lipinski definition) is 4. The summed E-state index contributed by atoms with van der Waals surface area (Å²) in [7, 11) is 0. The van der Waals surface area contributed by atoms with Gasteiger partial charge < -0.3 is 15.0 Å². The van der Waals surface area contributed by atoms with Gasteiger partial charge in [0.05, 0.1) is 6.54 Å². The summed E-state index contributed by atoms with van der Waals surface area (Å²) in [4.78, 5) is 40.6. The summed E-state index contributed by atoms with van der Waals surface area (Å²) in [6, 6.07) is 26.7. The van der Waals surface area contributed by atoms with Crippen molar-refractivity contribution in [3.63, 3.8) is 0 Å². The van der Waals surface area contributed by atoms with Gasteiger partial charge in [-0.15, -0.1) is 5.92 Å². The van der Waals surface area contributed by atoms with Gasteiger partial charge in [-0.25, -0.2) is 4.79 Å². The molecule has 2 N–H and O–H groups in total. The van der Waals surface area contributed by atoms with E-state index in [1.807, 2.05) is 48.5 Å². The van der Waals surface area contributed by atoms with E-state index < -0.39 is 17.5 Å². The molecule has 0 unspecified atom stereocenters. The molecule has 2 heterocycles. The van der Waals surface area contributed by atoms with Gasteiger partial charge in [-0.05, 0) is 52.1 Å². The molecular formula is C32H25N3O4. The van der Waals surface area contributed by atoms with E-state index in [1.54, 1.807) is 24.0 Å². The quantitative estimate of drug-likeness (QED) is 0.290. The van der Waals surface area contributed by atoms with Crippen molar-refractivity contribution in [3.8, 4) is 28.7 Å². The second-order valence-electron chi connectivity index (χ2n) is 9.61. The Morgan fingerprint density at radius 1 is 0.923 bits per heavy atom. The molecule has 4 aromatic carbocycles. The predicted molar refractivity (Wildman–Crippen MR) is 148 cm³/mol. The van der Waals surface area contributed by atoms with Gasteiger partial charge in [0.1, 0.15) is 12.4 Å². The first-order valence-electron chi connectivity index (χ1n) is 12.7. The van der Waals surface area contributed by atoms with Crippen LogP contribution in [0.5, 0.6) is 5.75 Å². The third kappa shape index (κ3) is 4.26. The number of ether oxygens (including phenoxy) is 1. The molecule has 192 valence electrons. The number of imide groups is 1. The molecule has 1 atom stereocenters. The van der Waals surface area contributed by atoms with E-state index in [2.05, 4.69) is 46.7 Å². The second kappa shape index (κ2) is 9.66. The maximum absolute atomic E-state index is 13.4. The Labute approximate surface area is 225 Å². The molecular weight excluding hydrogens is 490 g/mol. The Balaban J connectivity index is 1.30. The molecule has 0 aromatic heterocycles. The zero-order valence-corrected chi connectivity index (χ0v) is 21.3. The Kier molecular flexibility index (Phi) is 6.01. The number of hydrogen-bond donors (Lipinski definition) is 2. The van der Waals surface area contributed by atoms with Gasteiger partial charge in [0.15, 0.2) is 5.54 Å². The Morgan fingerprint density at radius 2 is 1.72 bits per heavy atom. The van der Waals surface area contributed by atoms with Gasteiger partial charge in [0.25, 0.3) is 11.8 Å². The normalized spacial score (nSPS) is 17.9. The summed E-state index contributed by atoms with van der Waals surface area (Å²) in [5.74, 6) is 5.45. The average molecular weight is 516 g/mol. The van der Waals surface area contributed by atoms with Crippen LogP contribution in [0.3, 0.4) is 0 Å². The molecule has 2 aliphatic rings. The molecule has 1 saturated heterocycles. The van der Waals surface area contributed by atoms with Crippen LogP contribution in [0.15, 0.2) is 84.9 Å². The number of benzene rings is 4. The van der Waals surface area contributed by atoms with Crippen molar-refractivity contribution in [2.24, 2.45) is 0 Å². The third-order valence-corrected chi connectivity index (χ3v) is 7.30. The van der Waals surface area contributed by atoms with Gasteiger partial charge >= 0.3 is 6.03 Å². The van der Waals surface area contributed by atoms with Crippen molar-refractivity contribution in [1.29, 1.82) is 0 Å². The van der Waals surface area contributed by atoms with Crippen LogP contribution in [-0.2, 0) is 16.9 Å². The Morgan fingerprint density at radius 3 is 2.49 bits per heavy atom. The zero-order chi connectivity index (χ0) is 27.0. The lowest BCUT2D eigenvalue weighted by molar-refractivity contribution is -0.124. The highest BCUT2D eigenvalue weighted by atomic mass is 16.5. The third-order valence-electron chi connectivity index (χ3n) is 7.30. The predicted octanol–water partition coefficient (Wildman–Crippen LogP) is 4.60. The van der Waals surface area contributed by atoms with Gasteiger partial charge in [0.2, 0.25) is 0 Å². The lowest BCUT2D eigenvalue weighted by atomic mass is 9.87. The summed E-state index contributed by atoms with van der Waals surface area (Å²) >= 11 is 0. The van der Waals surface area contributed by atoms with Crippen LogP contribution in [0, 0.1) is 11.8 Å². The topological polar surface area (TPSA) is 87.7 Å². The number of carbonyl (C=O) groups excluding carboxylic acids is 3. The molecule has 1 fully saturated rings. The van der Waals surface area contributed by atoms with Crippen molar-refractivity contribution < 1.29 is 19.1 Å². The fourth-order valence-electron chi connectivity index (χ4n) is 5.34. The number of carbonyl (C=O) groups is 3. The molecule has 39 heavy (non-hydrogen) atoms. The molecule has 4 amide bonds. The lowest BCUT2D eigenvalue weighted by Crippen LogP contribution is -2.52. The molecule has 0 aliphatic carbocycles. The van der Waals surface area contributed by atoms with E-state index >= 15 is 0 Å². The first-order valence-corrected chi connectivity index (χ1v) is 12.7. The summed E-state index contributed by atoms with van der Waals surface area (Å²) < 4.78 is 5.62. The van der Waals surface area contributed by atoms with Gasteiger partial charge in [-0.2, -0.15) is 0 Å². The van der Waals surface area contributed by atoms with E-state index in [1.165, 1.54) is 0 Å². The standard InChI is InChI=1S/C32H25N3O4/c1-2-3-17-39-25-16-13-23-19-35(29(36)28(23)18-25)20-32(30(37)33-31(38)34-32)24-14-11-22(12-15-24)27-10-6-8-21-7-4-5-9-26(21)27/h4-16,18H,17,19-20H2,1H3,(H2,33,34,37,38)/t32-/m0/s1. The summed E-state index contributed by atoms with van der Waals surface area (Å²) in [5, 5.41) is 7.43. The van der Waals surface area contributed by atoms with Crippen molar-refractivity contribution in [2.75, 3.05) is 13.2 Å². The highest BCUT2D eigenvalue weighted by molar-refractivity contribution is 6.08.